The van der Waals surface area contributed by atoms with Crippen LogP contribution in [0.3, 0.4) is 0 Å². The van der Waals surface area contributed by atoms with Gasteiger partial charge in [-0.1, -0.05) is 81.4 Å². The van der Waals surface area contributed by atoms with Crippen LogP contribution in [-0.4, -0.2) is 42.4 Å². The molecule has 2 heterocycles. The molecule has 4 rings (SSSR count). The number of ether oxygens (including phenoxy) is 1. The average molecular weight is 510 g/mol. The number of nitrogens with one attached hydrogen (secondary N) is 1. The van der Waals surface area contributed by atoms with Gasteiger partial charge in [-0.05, 0) is 21.5 Å². The lowest BCUT2D eigenvalue weighted by atomic mass is 10.2. The first-order chi connectivity index (χ1) is 16.7. The van der Waals surface area contributed by atoms with E-state index in [0.29, 0.717) is 13.2 Å². The SMILES string of the molecule is CC(=O)Nc1ccn([C@@H]2CO[C@H](CO[Si](c3ccccc3)(c3ccccc3)C(C)(C)C)S2)c(=O)n1. The second kappa shape index (κ2) is 10.5. The molecule has 0 aliphatic carbocycles. The lowest BCUT2D eigenvalue weighted by molar-refractivity contribution is -0.114. The highest BCUT2D eigenvalue weighted by molar-refractivity contribution is 8.00. The van der Waals surface area contributed by atoms with Crippen molar-refractivity contribution >= 4 is 42.2 Å². The first-order valence-electron chi connectivity index (χ1n) is 11.6. The third kappa shape index (κ3) is 5.43. The van der Waals surface area contributed by atoms with Gasteiger partial charge in [0.15, 0.2) is 0 Å². The van der Waals surface area contributed by atoms with Crippen LogP contribution in [0.15, 0.2) is 77.7 Å². The fourth-order valence-corrected chi connectivity index (χ4v) is 10.3. The van der Waals surface area contributed by atoms with Crippen molar-refractivity contribution in [2.45, 2.75) is 43.5 Å². The summed E-state index contributed by atoms with van der Waals surface area (Å²) in [6.45, 7) is 8.89. The average Bonchev–Trinajstić information content (AvgIpc) is 3.28. The summed E-state index contributed by atoms with van der Waals surface area (Å²) in [6, 6.07) is 22.6. The number of amides is 1. The second-order valence-corrected chi connectivity index (χ2v) is 15.2. The van der Waals surface area contributed by atoms with Gasteiger partial charge in [0, 0.05) is 13.1 Å². The van der Waals surface area contributed by atoms with E-state index in [4.69, 9.17) is 9.16 Å². The number of aromatic nitrogens is 2. The van der Waals surface area contributed by atoms with Crippen molar-refractivity contribution in [2.24, 2.45) is 0 Å². The van der Waals surface area contributed by atoms with E-state index in [2.05, 4.69) is 79.6 Å². The minimum absolute atomic E-state index is 0.126. The zero-order chi connectivity index (χ0) is 25.1. The van der Waals surface area contributed by atoms with Gasteiger partial charge < -0.3 is 14.5 Å². The Bertz CT molecular complexity index is 1180. The fraction of sp³-hybridized carbons (Fsp3) is 0.346. The van der Waals surface area contributed by atoms with Crippen LogP contribution in [0.2, 0.25) is 5.04 Å². The number of thioether (sulfide) groups is 1. The van der Waals surface area contributed by atoms with Gasteiger partial charge in [0.2, 0.25) is 5.91 Å². The fourth-order valence-electron chi connectivity index (χ4n) is 4.51. The zero-order valence-corrected chi connectivity index (χ0v) is 22.2. The number of hydrogen-bond donors (Lipinski definition) is 1. The molecule has 0 bridgehead atoms. The van der Waals surface area contributed by atoms with E-state index in [0.717, 1.165) is 0 Å². The van der Waals surface area contributed by atoms with Crippen molar-refractivity contribution in [3.8, 4) is 0 Å². The maximum atomic E-state index is 12.5. The molecule has 0 saturated carbocycles. The van der Waals surface area contributed by atoms with Crippen molar-refractivity contribution in [3.05, 3.63) is 83.4 Å². The van der Waals surface area contributed by atoms with E-state index < -0.39 is 14.0 Å². The summed E-state index contributed by atoms with van der Waals surface area (Å²) in [7, 11) is -2.67. The quantitative estimate of drug-likeness (QED) is 0.492. The molecule has 9 heteroatoms. The number of nitrogens with zero attached hydrogens (tertiary/aromatic N) is 2. The first-order valence-corrected chi connectivity index (χ1v) is 14.4. The Morgan fingerprint density at radius 1 is 1.11 bits per heavy atom. The van der Waals surface area contributed by atoms with E-state index in [1.807, 2.05) is 12.1 Å². The lowest BCUT2D eigenvalue weighted by Crippen LogP contribution is -2.67. The van der Waals surface area contributed by atoms with Crippen LogP contribution >= 0.6 is 11.8 Å². The molecular weight excluding hydrogens is 478 g/mol. The second-order valence-electron chi connectivity index (χ2n) is 9.51. The molecule has 0 unspecified atom stereocenters. The summed E-state index contributed by atoms with van der Waals surface area (Å²) in [5, 5.41) is 4.63. The van der Waals surface area contributed by atoms with E-state index in [-0.39, 0.29) is 27.6 Å². The smallest absolute Gasteiger partial charge is 0.350 e. The summed E-state index contributed by atoms with van der Waals surface area (Å²) in [4.78, 5) is 27.7. The van der Waals surface area contributed by atoms with Crippen LogP contribution < -0.4 is 21.4 Å². The minimum atomic E-state index is -2.67. The van der Waals surface area contributed by atoms with Crippen LogP contribution in [0, 0.1) is 0 Å². The number of anilines is 1. The molecule has 1 N–H and O–H groups in total. The van der Waals surface area contributed by atoms with Crippen molar-refractivity contribution in [3.63, 3.8) is 0 Å². The van der Waals surface area contributed by atoms with E-state index >= 15 is 0 Å². The number of benzene rings is 2. The molecule has 0 radical (unpaired) electrons. The van der Waals surface area contributed by atoms with Gasteiger partial charge in [-0.3, -0.25) is 9.36 Å². The van der Waals surface area contributed by atoms with Gasteiger partial charge in [0.1, 0.15) is 16.6 Å². The Hall–Kier alpha value is -2.72. The molecule has 1 aliphatic rings. The van der Waals surface area contributed by atoms with Crippen LogP contribution in [0.1, 0.15) is 33.1 Å². The van der Waals surface area contributed by atoms with Crippen LogP contribution in [-0.2, 0) is 14.0 Å². The van der Waals surface area contributed by atoms with E-state index in [1.165, 1.54) is 17.3 Å². The van der Waals surface area contributed by atoms with Crippen LogP contribution in [0.4, 0.5) is 5.82 Å². The van der Waals surface area contributed by atoms with Crippen LogP contribution in [0.25, 0.3) is 0 Å². The monoisotopic (exact) mass is 509 g/mol. The third-order valence-electron chi connectivity index (χ3n) is 6.03. The summed E-state index contributed by atoms with van der Waals surface area (Å²) < 4.78 is 14.6. The first kappa shape index (κ1) is 25.4. The molecule has 2 atom stereocenters. The van der Waals surface area contributed by atoms with Crippen LogP contribution in [0.5, 0.6) is 0 Å². The molecule has 35 heavy (non-hydrogen) atoms. The van der Waals surface area contributed by atoms with Gasteiger partial charge in [-0.2, -0.15) is 4.98 Å². The summed E-state index contributed by atoms with van der Waals surface area (Å²) >= 11 is 1.55. The van der Waals surface area contributed by atoms with E-state index in [9.17, 15) is 9.59 Å². The van der Waals surface area contributed by atoms with Gasteiger partial charge in [0.05, 0.1) is 13.2 Å². The highest BCUT2D eigenvalue weighted by Crippen LogP contribution is 2.39. The van der Waals surface area contributed by atoms with Gasteiger partial charge in [-0.25, -0.2) is 4.79 Å². The molecule has 184 valence electrons. The number of carbonyl (C=O) groups is 1. The summed E-state index contributed by atoms with van der Waals surface area (Å²) in [5.74, 6) is -0.0250. The summed E-state index contributed by atoms with van der Waals surface area (Å²) in [5.41, 5.74) is -0.644. The molecule has 1 saturated heterocycles. The predicted molar refractivity (Wildman–Crippen MR) is 143 cm³/mol. The molecule has 0 spiro atoms. The topological polar surface area (TPSA) is 82.5 Å². The lowest BCUT2D eigenvalue weighted by Gasteiger charge is -2.43. The Labute approximate surface area is 211 Å². The molecule has 2 aromatic carbocycles. The number of hydrogen-bond acceptors (Lipinski definition) is 6. The van der Waals surface area contributed by atoms with Crippen molar-refractivity contribution in [1.29, 1.82) is 0 Å². The zero-order valence-electron chi connectivity index (χ0n) is 20.4. The summed E-state index contributed by atoms with van der Waals surface area (Å²) in [6.07, 6.45) is 1.65. The van der Waals surface area contributed by atoms with Gasteiger partial charge in [0.25, 0.3) is 8.32 Å². The maximum Gasteiger partial charge on any atom is 0.350 e. The highest BCUT2D eigenvalue weighted by atomic mass is 32.2. The van der Waals surface area contributed by atoms with Crippen molar-refractivity contribution in [1.82, 2.24) is 9.55 Å². The van der Waals surface area contributed by atoms with E-state index in [1.54, 1.807) is 28.6 Å². The highest BCUT2D eigenvalue weighted by Gasteiger charge is 2.50. The largest absolute Gasteiger partial charge is 0.404 e. The molecule has 1 aromatic heterocycles. The minimum Gasteiger partial charge on any atom is -0.404 e. The Balaban J connectivity index is 1.56. The molecule has 1 amide bonds. The maximum absolute atomic E-state index is 12.5. The molecule has 7 nitrogen and oxygen atoms in total. The Morgan fingerprint density at radius 3 is 2.23 bits per heavy atom. The van der Waals surface area contributed by atoms with Gasteiger partial charge in [-0.15, -0.1) is 11.8 Å². The predicted octanol–water partition coefficient (Wildman–Crippen LogP) is 3.37. The molecule has 1 aliphatic heterocycles. The number of rotatable bonds is 7. The normalized spacial score (nSPS) is 18.4. The number of carbonyl (C=O) groups excluding carboxylic acids is 1. The van der Waals surface area contributed by atoms with Crippen molar-refractivity contribution in [2.75, 3.05) is 18.5 Å². The molecule has 3 aromatic rings. The molecule has 1 fully saturated rings. The van der Waals surface area contributed by atoms with Gasteiger partial charge >= 0.3 is 5.69 Å². The third-order valence-corrected chi connectivity index (χ3v) is 12.3. The Kier molecular flexibility index (Phi) is 7.61. The standard InChI is InChI=1S/C26H31N3O4SSi/c1-19(30)27-22-15-16-29(25(31)28-22)23-17-32-24(34-23)18-33-35(26(2,3)4,20-11-7-5-8-12-20)21-13-9-6-10-14-21/h5-16,23-24H,17-18H2,1-4H3,(H,27,28,30,31)/t23-,24-/m0/s1. The Morgan fingerprint density at radius 2 is 1.71 bits per heavy atom. The molecular formula is C26H31N3O4SSi. The van der Waals surface area contributed by atoms with Crippen molar-refractivity contribution < 1.29 is 14.0 Å².